The molecule has 0 radical (unpaired) electrons. The van der Waals surface area contributed by atoms with E-state index in [9.17, 15) is 9.90 Å². The smallest absolute Gasteiger partial charge is 0.407 e. The van der Waals surface area contributed by atoms with Crippen LogP contribution < -0.4 is 5.32 Å². The van der Waals surface area contributed by atoms with E-state index in [1.54, 1.807) is 13.8 Å². The minimum Gasteiger partial charge on any atom is -0.441 e. The molecule has 2 fully saturated rings. The van der Waals surface area contributed by atoms with E-state index in [-0.39, 0.29) is 12.6 Å². The maximum Gasteiger partial charge on any atom is 0.407 e. The number of ether oxygens (including phenoxy) is 3. The van der Waals surface area contributed by atoms with Crippen LogP contribution >= 0.6 is 0 Å². The molecule has 0 unspecified atom stereocenters. The summed E-state index contributed by atoms with van der Waals surface area (Å²) in [4.78, 5) is 11.4. The zero-order valence-electron chi connectivity index (χ0n) is 11.0. The van der Waals surface area contributed by atoms with E-state index in [0.29, 0.717) is 0 Å². The highest BCUT2D eigenvalue weighted by Crippen LogP contribution is 2.33. The van der Waals surface area contributed by atoms with Gasteiger partial charge < -0.3 is 24.6 Å². The van der Waals surface area contributed by atoms with Gasteiger partial charge in [-0.25, -0.2) is 4.79 Å². The largest absolute Gasteiger partial charge is 0.441 e. The van der Waals surface area contributed by atoms with Gasteiger partial charge in [0.1, 0.15) is 12.2 Å². The first kappa shape index (κ1) is 13.6. The van der Waals surface area contributed by atoms with Crippen LogP contribution in [0.4, 0.5) is 4.79 Å². The summed E-state index contributed by atoms with van der Waals surface area (Å²) >= 11 is 0. The summed E-state index contributed by atoms with van der Waals surface area (Å²) in [7, 11) is 0. The predicted octanol–water partition coefficient (Wildman–Crippen LogP) is 0.776. The highest BCUT2D eigenvalue weighted by atomic mass is 16.8. The van der Waals surface area contributed by atoms with Gasteiger partial charge in [0.25, 0.3) is 0 Å². The third kappa shape index (κ3) is 2.60. The summed E-state index contributed by atoms with van der Waals surface area (Å²) in [6, 6.07) is -0.0842. The summed E-state index contributed by atoms with van der Waals surface area (Å²) < 4.78 is 16.6. The van der Waals surface area contributed by atoms with E-state index < -0.39 is 30.2 Å². The molecule has 0 aromatic carbocycles. The Morgan fingerprint density at radius 1 is 1.33 bits per heavy atom. The summed E-state index contributed by atoms with van der Waals surface area (Å²) in [6.07, 6.45) is 0.0258. The number of alkyl carbamates (subject to hydrolysis) is 1. The van der Waals surface area contributed by atoms with Crippen LogP contribution in [0.15, 0.2) is 0 Å². The average molecular weight is 259 g/mol. The zero-order valence-corrected chi connectivity index (χ0v) is 11.0. The number of aliphatic hydroxyl groups excluding tert-OH is 1. The lowest BCUT2D eigenvalue weighted by molar-refractivity contribution is -0.156. The van der Waals surface area contributed by atoms with Crippen LogP contribution in [0, 0.1) is 0 Å². The van der Waals surface area contributed by atoms with Crippen molar-refractivity contribution in [3.05, 3.63) is 0 Å². The quantitative estimate of drug-likeness (QED) is 0.780. The van der Waals surface area contributed by atoms with Crippen molar-refractivity contribution in [3.8, 4) is 0 Å². The van der Waals surface area contributed by atoms with Gasteiger partial charge in [-0.15, -0.1) is 0 Å². The molecule has 2 saturated heterocycles. The lowest BCUT2D eigenvalue weighted by atomic mass is 9.98. The lowest BCUT2D eigenvalue weighted by Gasteiger charge is -2.24. The Labute approximate surface area is 107 Å². The van der Waals surface area contributed by atoms with Crippen LogP contribution in [-0.2, 0) is 14.2 Å². The molecule has 0 saturated carbocycles. The molecule has 2 rings (SSSR count). The molecule has 2 N–H and O–H groups in total. The number of aliphatic hydroxyl groups is 1. The second kappa shape index (κ2) is 5.03. The zero-order chi connectivity index (χ0) is 13.3. The normalized spacial score (nSPS) is 38.6. The number of hydrogen-bond acceptors (Lipinski definition) is 5. The van der Waals surface area contributed by atoms with Crippen LogP contribution in [-0.4, -0.2) is 47.9 Å². The molecule has 0 aromatic rings. The standard InChI is InChI=1S/C12H21NO5/c1-4-5-7-9(16-11(15)13-7)10-8(6-14)17-12(2,3)18-10/h7-10,14H,4-6H2,1-3H3,(H,13,15)/t7-,8+,9+,10-/m1/s1. The van der Waals surface area contributed by atoms with Gasteiger partial charge in [-0.1, -0.05) is 13.3 Å². The first-order valence-electron chi connectivity index (χ1n) is 6.40. The van der Waals surface area contributed by atoms with Crippen molar-refractivity contribution < 1.29 is 24.1 Å². The van der Waals surface area contributed by atoms with Crippen LogP contribution in [0.5, 0.6) is 0 Å². The number of cyclic esters (lactones) is 1. The number of rotatable bonds is 4. The van der Waals surface area contributed by atoms with E-state index in [1.165, 1.54) is 0 Å². The summed E-state index contributed by atoms with van der Waals surface area (Å²) in [5.74, 6) is -0.760. The first-order valence-corrected chi connectivity index (χ1v) is 6.40. The van der Waals surface area contributed by atoms with Crippen molar-refractivity contribution in [3.63, 3.8) is 0 Å². The third-order valence-electron chi connectivity index (χ3n) is 3.27. The molecule has 6 nitrogen and oxygen atoms in total. The molecule has 0 spiro atoms. The van der Waals surface area contributed by atoms with Gasteiger partial charge in [0.05, 0.1) is 12.6 Å². The minimum atomic E-state index is -0.760. The third-order valence-corrected chi connectivity index (χ3v) is 3.27. The Morgan fingerprint density at radius 3 is 2.67 bits per heavy atom. The molecule has 2 heterocycles. The van der Waals surface area contributed by atoms with Crippen molar-refractivity contribution in [2.24, 2.45) is 0 Å². The van der Waals surface area contributed by atoms with Crippen LogP contribution in [0.2, 0.25) is 0 Å². The molecule has 2 aliphatic heterocycles. The molecule has 0 aromatic heterocycles. The molecule has 0 bridgehead atoms. The van der Waals surface area contributed by atoms with Gasteiger partial charge in [0.2, 0.25) is 0 Å². The molecular weight excluding hydrogens is 238 g/mol. The van der Waals surface area contributed by atoms with E-state index >= 15 is 0 Å². The molecule has 104 valence electrons. The number of carbonyl (C=O) groups is 1. The summed E-state index contributed by atoms with van der Waals surface area (Å²) in [5.41, 5.74) is 0. The van der Waals surface area contributed by atoms with Crippen molar-refractivity contribution in [2.45, 2.75) is 63.8 Å². The Morgan fingerprint density at radius 2 is 2.06 bits per heavy atom. The fraction of sp³-hybridized carbons (Fsp3) is 0.917. The molecule has 0 aliphatic carbocycles. The summed E-state index contributed by atoms with van der Waals surface area (Å²) in [6.45, 7) is 5.46. The Bertz CT molecular complexity index is 320. The lowest BCUT2D eigenvalue weighted by Crippen LogP contribution is -2.45. The van der Waals surface area contributed by atoms with Crippen LogP contribution in [0.3, 0.4) is 0 Å². The highest BCUT2D eigenvalue weighted by Gasteiger charge is 2.51. The molecule has 2 aliphatic rings. The van der Waals surface area contributed by atoms with Gasteiger partial charge in [0, 0.05) is 0 Å². The topological polar surface area (TPSA) is 77.0 Å². The van der Waals surface area contributed by atoms with E-state index in [0.717, 1.165) is 12.8 Å². The van der Waals surface area contributed by atoms with Gasteiger partial charge in [-0.05, 0) is 20.3 Å². The Balaban J connectivity index is 2.11. The fourth-order valence-corrected chi connectivity index (χ4v) is 2.60. The SMILES string of the molecule is CCC[C@H]1NC(=O)O[C@@H]1[C@@H]1OC(C)(C)O[C@H]1CO. The fourth-order valence-electron chi connectivity index (χ4n) is 2.60. The monoisotopic (exact) mass is 259 g/mol. The number of carbonyl (C=O) groups excluding carboxylic acids is 1. The molecule has 4 atom stereocenters. The maximum atomic E-state index is 11.4. The average Bonchev–Trinajstić information content (AvgIpc) is 2.79. The van der Waals surface area contributed by atoms with Crippen LogP contribution in [0.25, 0.3) is 0 Å². The molecular formula is C12H21NO5. The highest BCUT2D eigenvalue weighted by molar-refractivity contribution is 5.70. The number of hydrogen-bond donors (Lipinski definition) is 2. The Hall–Kier alpha value is -0.850. The van der Waals surface area contributed by atoms with Gasteiger partial charge in [-0.3, -0.25) is 0 Å². The Kier molecular flexibility index (Phi) is 3.79. The van der Waals surface area contributed by atoms with E-state index in [1.807, 2.05) is 6.92 Å². The first-order chi connectivity index (χ1) is 8.46. The molecule has 1 amide bonds. The maximum absolute atomic E-state index is 11.4. The predicted molar refractivity (Wildman–Crippen MR) is 63.0 cm³/mol. The number of nitrogens with one attached hydrogen (secondary N) is 1. The summed E-state index contributed by atoms with van der Waals surface area (Å²) in [5, 5.41) is 12.1. The van der Waals surface area contributed by atoms with Gasteiger partial charge in [-0.2, -0.15) is 0 Å². The van der Waals surface area contributed by atoms with Crippen molar-refractivity contribution in [1.29, 1.82) is 0 Å². The van der Waals surface area contributed by atoms with Gasteiger partial charge in [0.15, 0.2) is 11.9 Å². The van der Waals surface area contributed by atoms with Crippen molar-refractivity contribution in [2.75, 3.05) is 6.61 Å². The number of amides is 1. The van der Waals surface area contributed by atoms with E-state index in [2.05, 4.69) is 5.32 Å². The molecule has 6 heteroatoms. The van der Waals surface area contributed by atoms with Crippen molar-refractivity contribution >= 4 is 6.09 Å². The second-order valence-corrected chi connectivity index (χ2v) is 5.23. The second-order valence-electron chi connectivity index (χ2n) is 5.23. The van der Waals surface area contributed by atoms with E-state index in [4.69, 9.17) is 14.2 Å². The molecule has 18 heavy (non-hydrogen) atoms. The van der Waals surface area contributed by atoms with Crippen LogP contribution in [0.1, 0.15) is 33.6 Å². The van der Waals surface area contributed by atoms with Crippen molar-refractivity contribution in [1.82, 2.24) is 5.32 Å². The van der Waals surface area contributed by atoms with Gasteiger partial charge >= 0.3 is 6.09 Å². The minimum absolute atomic E-state index is 0.0842.